The van der Waals surface area contributed by atoms with Gasteiger partial charge in [0.05, 0.1) is 6.54 Å². The van der Waals surface area contributed by atoms with E-state index in [9.17, 15) is 0 Å². The maximum atomic E-state index is 4.81. The standard InChI is InChI=1S/C23H39N5S/c1-4-24-22(26-19-23(2)11-5-16-29-23)25-17-20-7-9-21(10-8-20)18-28-13-6-12-27(3)14-15-28/h7-10H,4-6,11-19H2,1-3H3,(H2,24,25,26). The molecule has 2 heterocycles. The van der Waals surface area contributed by atoms with Gasteiger partial charge >= 0.3 is 0 Å². The van der Waals surface area contributed by atoms with Gasteiger partial charge < -0.3 is 15.5 Å². The Morgan fingerprint density at radius 2 is 1.86 bits per heavy atom. The molecule has 2 aliphatic rings. The first-order valence-electron chi connectivity index (χ1n) is 11.2. The highest BCUT2D eigenvalue weighted by atomic mass is 32.2. The van der Waals surface area contributed by atoms with Crippen molar-refractivity contribution in [1.29, 1.82) is 0 Å². The van der Waals surface area contributed by atoms with Gasteiger partial charge in [0.25, 0.3) is 0 Å². The number of hydrogen-bond acceptors (Lipinski definition) is 4. The van der Waals surface area contributed by atoms with Crippen molar-refractivity contribution in [3.05, 3.63) is 35.4 Å². The number of nitrogens with zero attached hydrogens (tertiary/aromatic N) is 3. The lowest BCUT2D eigenvalue weighted by molar-refractivity contribution is 0.269. The van der Waals surface area contributed by atoms with Crippen molar-refractivity contribution in [3.8, 4) is 0 Å². The number of aliphatic imine (C=N–C) groups is 1. The third kappa shape index (κ3) is 7.50. The quantitative estimate of drug-likeness (QED) is 0.527. The van der Waals surface area contributed by atoms with Gasteiger partial charge in [-0.1, -0.05) is 24.3 Å². The van der Waals surface area contributed by atoms with E-state index in [1.54, 1.807) is 0 Å². The second-order valence-corrected chi connectivity index (χ2v) is 10.4. The summed E-state index contributed by atoms with van der Waals surface area (Å²) in [6.07, 6.45) is 3.89. The van der Waals surface area contributed by atoms with Gasteiger partial charge in [0, 0.05) is 37.5 Å². The van der Waals surface area contributed by atoms with Crippen molar-refractivity contribution in [1.82, 2.24) is 20.4 Å². The van der Waals surface area contributed by atoms with Crippen molar-refractivity contribution in [2.75, 3.05) is 52.1 Å². The molecule has 1 unspecified atom stereocenters. The van der Waals surface area contributed by atoms with E-state index in [1.807, 2.05) is 0 Å². The second-order valence-electron chi connectivity index (χ2n) is 8.70. The molecule has 6 heteroatoms. The molecule has 2 N–H and O–H groups in total. The molecule has 2 aliphatic heterocycles. The Kier molecular flexibility index (Phi) is 8.69. The predicted octanol–water partition coefficient (Wildman–Crippen LogP) is 3.16. The zero-order valence-electron chi connectivity index (χ0n) is 18.5. The van der Waals surface area contributed by atoms with E-state index < -0.39 is 0 Å². The summed E-state index contributed by atoms with van der Waals surface area (Å²) in [5, 5.41) is 6.94. The van der Waals surface area contributed by atoms with Gasteiger partial charge in [-0.15, -0.1) is 0 Å². The lowest BCUT2D eigenvalue weighted by Gasteiger charge is -2.24. The molecular weight excluding hydrogens is 378 g/mol. The number of guanidine groups is 1. The van der Waals surface area contributed by atoms with E-state index in [0.717, 1.165) is 32.1 Å². The molecule has 0 amide bonds. The summed E-state index contributed by atoms with van der Waals surface area (Å²) < 4.78 is 0.347. The Labute approximate surface area is 181 Å². The summed E-state index contributed by atoms with van der Waals surface area (Å²) in [5.41, 5.74) is 2.67. The lowest BCUT2D eigenvalue weighted by atomic mass is 10.1. The smallest absolute Gasteiger partial charge is 0.191 e. The van der Waals surface area contributed by atoms with Crippen LogP contribution in [0.4, 0.5) is 0 Å². The van der Waals surface area contributed by atoms with Crippen LogP contribution in [0, 0.1) is 0 Å². The maximum absolute atomic E-state index is 4.81. The molecule has 29 heavy (non-hydrogen) atoms. The van der Waals surface area contributed by atoms with Gasteiger partial charge in [-0.25, -0.2) is 4.99 Å². The molecule has 0 spiro atoms. The van der Waals surface area contributed by atoms with Gasteiger partial charge in [-0.2, -0.15) is 11.8 Å². The van der Waals surface area contributed by atoms with Crippen LogP contribution in [0.25, 0.3) is 0 Å². The van der Waals surface area contributed by atoms with Crippen LogP contribution >= 0.6 is 11.8 Å². The van der Waals surface area contributed by atoms with E-state index >= 15 is 0 Å². The van der Waals surface area contributed by atoms with Crippen molar-refractivity contribution >= 4 is 17.7 Å². The molecule has 0 aromatic heterocycles. The second kappa shape index (κ2) is 11.2. The van der Waals surface area contributed by atoms with Gasteiger partial charge in [0.15, 0.2) is 5.96 Å². The van der Waals surface area contributed by atoms with Gasteiger partial charge in [0.1, 0.15) is 0 Å². The molecule has 1 aromatic carbocycles. The number of thioether (sulfide) groups is 1. The van der Waals surface area contributed by atoms with Crippen molar-refractivity contribution < 1.29 is 0 Å². The van der Waals surface area contributed by atoms with Crippen LogP contribution in [0.15, 0.2) is 29.3 Å². The Morgan fingerprint density at radius 1 is 1.07 bits per heavy atom. The van der Waals surface area contributed by atoms with Crippen LogP contribution in [0.3, 0.4) is 0 Å². The average Bonchev–Trinajstić information content (AvgIpc) is 3.05. The summed E-state index contributed by atoms with van der Waals surface area (Å²) in [6.45, 7) is 12.9. The number of likely N-dealkylation sites (N-methyl/N-ethyl adjacent to an activating group) is 1. The maximum Gasteiger partial charge on any atom is 0.191 e. The fourth-order valence-corrected chi connectivity index (χ4v) is 5.27. The van der Waals surface area contributed by atoms with Crippen molar-refractivity contribution in [3.63, 3.8) is 0 Å². The third-order valence-electron chi connectivity index (χ3n) is 5.94. The fourth-order valence-electron chi connectivity index (χ4n) is 4.03. The molecule has 162 valence electrons. The van der Waals surface area contributed by atoms with E-state index in [0.29, 0.717) is 11.3 Å². The van der Waals surface area contributed by atoms with Gasteiger partial charge in [-0.05, 0) is 70.1 Å². The molecule has 0 radical (unpaired) electrons. The highest BCUT2D eigenvalue weighted by molar-refractivity contribution is 8.00. The first-order valence-corrected chi connectivity index (χ1v) is 12.2. The first kappa shape index (κ1) is 22.4. The summed E-state index contributed by atoms with van der Waals surface area (Å²) in [7, 11) is 2.22. The van der Waals surface area contributed by atoms with Gasteiger partial charge in [-0.3, -0.25) is 4.90 Å². The molecule has 3 rings (SSSR count). The van der Waals surface area contributed by atoms with E-state index in [-0.39, 0.29) is 0 Å². The minimum absolute atomic E-state index is 0.347. The van der Waals surface area contributed by atoms with E-state index in [2.05, 4.69) is 77.4 Å². The van der Waals surface area contributed by atoms with Crippen molar-refractivity contribution in [2.24, 2.45) is 4.99 Å². The molecule has 0 aliphatic carbocycles. The van der Waals surface area contributed by atoms with E-state index in [4.69, 9.17) is 4.99 Å². The largest absolute Gasteiger partial charge is 0.357 e. The van der Waals surface area contributed by atoms with Crippen LogP contribution in [-0.2, 0) is 13.1 Å². The van der Waals surface area contributed by atoms with Crippen molar-refractivity contribution in [2.45, 2.75) is 50.9 Å². The minimum atomic E-state index is 0.347. The fraction of sp³-hybridized carbons (Fsp3) is 0.696. The number of hydrogen-bond donors (Lipinski definition) is 2. The summed E-state index contributed by atoms with van der Waals surface area (Å²) in [6, 6.07) is 9.02. The average molecular weight is 418 g/mol. The van der Waals surface area contributed by atoms with E-state index in [1.165, 1.54) is 55.8 Å². The molecular formula is C23H39N5S. The normalized spacial score (nSPS) is 24.4. The third-order valence-corrected chi connectivity index (χ3v) is 7.47. The zero-order valence-corrected chi connectivity index (χ0v) is 19.4. The Bertz CT molecular complexity index is 639. The molecule has 1 atom stereocenters. The Balaban J connectivity index is 1.50. The highest BCUT2D eigenvalue weighted by Crippen LogP contribution is 2.36. The molecule has 1 aromatic rings. The number of rotatable bonds is 7. The molecule has 0 bridgehead atoms. The summed E-state index contributed by atoms with van der Waals surface area (Å²) in [5.74, 6) is 2.21. The molecule has 2 saturated heterocycles. The Hall–Kier alpha value is -1.24. The molecule has 2 fully saturated rings. The highest BCUT2D eigenvalue weighted by Gasteiger charge is 2.29. The summed E-state index contributed by atoms with van der Waals surface area (Å²) in [4.78, 5) is 9.82. The van der Waals surface area contributed by atoms with Crippen LogP contribution < -0.4 is 10.6 Å². The molecule has 5 nitrogen and oxygen atoms in total. The predicted molar refractivity (Wildman–Crippen MR) is 127 cm³/mol. The Morgan fingerprint density at radius 3 is 2.59 bits per heavy atom. The minimum Gasteiger partial charge on any atom is -0.357 e. The van der Waals surface area contributed by atoms with Crippen LogP contribution in [0.2, 0.25) is 0 Å². The summed E-state index contributed by atoms with van der Waals surface area (Å²) >= 11 is 2.08. The number of nitrogens with one attached hydrogen (secondary N) is 2. The number of benzene rings is 1. The molecule has 0 saturated carbocycles. The van der Waals surface area contributed by atoms with Gasteiger partial charge in [0.2, 0.25) is 0 Å². The zero-order chi connectivity index (χ0) is 20.5. The van der Waals surface area contributed by atoms with Crippen LogP contribution in [0.5, 0.6) is 0 Å². The van der Waals surface area contributed by atoms with Crippen LogP contribution in [-0.4, -0.2) is 72.6 Å². The first-order chi connectivity index (χ1) is 14.1. The monoisotopic (exact) mass is 417 g/mol. The lowest BCUT2D eigenvalue weighted by Crippen LogP contribution is -2.43. The topological polar surface area (TPSA) is 42.9 Å². The SMILES string of the molecule is CCNC(=NCc1ccc(CN2CCCN(C)CC2)cc1)NCC1(C)CCCS1. The van der Waals surface area contributed by atoms with Crippen LogP contribution in [0.1, 0.15) is 44.2 Å².